The van der Waals surface area contributed by atoms with Gasteiger partial charge in [-0.15, -0.1) is 0 Å². The molecule has 0 unspecified atom stereocenters. The molecular formula is C24H26Cl2F3N5O2. The molecule has 194 valence electrons. The predicted octanol–water partition coefficient (Wildman–Crippen LogP) is 4.70. The summed E-state index contributed by atoms with van der Waals surface area (Å²) in [5, 5.41) is 0.777. The Hall–Kier alpha value is -2.27. The van der Waals surface area contributed by atoms with Crippen LogP contribution in [0.5, 0.6) is 0 Å². The Kier molecular flexibility index (Phi) is 7.22. The van der Waals surface area contributed by atoms with Crippen molar-refractivity contribution in [3.05, 3.63) is 56.6 Å². The summed E-state index contributed by atoms with van der Waals surface area (Å²) in [7, 11) is 0. The van der Waals surface area contributed by atoms with Gasteiger partial charge in [0.05, 0.1) is 39.9 Å². The lowest BCUT2D eigenvalue weighted by atomic mass is 10.0. The molecule has 0 atom stereocenters. The van der Waals surface area contributed by atoms with Crippen LogP contribution >= 0.6 is 23.2 Å². The first-order valence-electron chi connectivity index (χ1n) is 11.9. The van der Waals surface area contributed by atoms with Crippen LogP contribution in [0.25, 0.3) is 11.0 Å². The van der Waals surface area contributed by atoms with Gasteiger partial charge in [0.1, 0.15) is 5.82 Å². The maximum atomic E-state index is 13.6. The Bertz CT molecular complexity index is 1280. The molecule has 0 radical (unpaired) electrons. The lowest BCUT2D eigenvalue weighted by Gasteiger charge is -2.33. The lowest BCUT2D eigenvalue weighted by molar-refractivity contribution is -0.137. The van der Waals surface area contributed by atoms with Crippen LogP contribution in [0.1, 0.15) is 24.4 Å². The minimum atomic E-state index is -4.42. The van der Waals surface area contributed by atoms with Gasteiger partial charge >= 0.3 is 11.9 Å². The first kappa shape index (κ1) is 25.4. The first-order chi connectivity index (χ1) is 17.2. The van der Waals surface area contributed by atoms with Crippen molar-refractivity contribution >= 4 is 40.1 Å². The molecule has 0 aliphatic carbocycles. The Balaban J connectivity index is 1.37. The summed E-state index contributed by atoms with van der Waals surface area (Å²) < 4.78 is 47.6. The minimum absolute atomic E-state index is 0.0763. The number of imidazole rings is 1. The number of piperidine rings is 1. The van der Waals surface area contributed by atoms with Crippen molar-refractivity contribution in [2.45, 2.75) is 31.6 Å². The molecule has 2 aliphatic rings. The molecule has 4 heterocycles. The van der Waals surface area contributed by atoms with Crippen molar-refractivity contribution < 1.29 is 17.9 Å². The second kappa shape index (κ2) is 10.2. The van der Waals surface area contributed by atoms with Gasteiger partial charge in [0.2, 0.25) is 0 Å². The fourth-order valence-electron chi connectivity index (χ4n) is 5.00. The zero-order chi connectivity index (χ0) is 25.4. The predicted molar refractivity (Wildman–Crippen MR) is 133 cm³/mol. The monoisotopic (exact) mass is 543 g/mol. The number of fused-ring (bicyclic) bond motifs is 1. The van der Waals surface area contributed by atoms with E-state index in [4.69, 9.17) is 27.9 Å². The highest BCUT2D eigenvalue weighted by molar-refractivity contribution is 6.42. The molecule has 0 N–H and O–H groups in total. The van der Waals surface area contributed by atoms with E-state index in [0.717, 1.165) is 42.9 Å². The van der Waals surface area contributed by atoms with Crippen molar-refractivity contribution in [3.8, 4) is 0 Å². The standard InChI is InChI=1S/C24H26Cl2F3N5O2/c25-18-13-20-21(14-19(18)26)34(23(35)33(20)8-7-31-9-11-36-12-10-31)17-3-5-32(6-4-17)22-2-1-16(15-30-22)24(27,28)29/h1-2,13-15,17H,3-12H2. The van der Waals surface area contributed by atoms with Gasteiger partial charge in [0.25, 0.3) is 0 Å². The van der Waals surface area contributed by atoms with Gasteiger partial charge in [-0.3, -0.25) is 14.0 Å². The Labute approximate surface area is 216 Å². The zero-order valence-corrected chi connectivity index (χ0v) is 21.0. The second-order valence-electron chi connectivity index (χ2n) is 9.13. The number of rotatable bonds is 5. The molecule has 7 nitrogen and oxygen atoms in total. The first-order valence-corrected chi connectivity index (χ1v) is 12.7. The molecule has 2 aromatic heterocycles. The van der Waals surface area contributed by atoms with Gasteiger partial charge in [0.15, 0.2) is 0 Å². The topological polar surface area (TPSA) is 55.5 Å². The molecule has 36 heavy (non-hydrogen) atoms. The third-order valence-electron chi connectivity index (χ3n) is 6.98. The number of hydrogen-bond acceptors (Lipinski definition) is 5. The highest BCUT2D eigenvalue weighted by Crippen LogP contribution is 2.33. The molecule has 1 aromatic carbocycles. The normalized spacial score (nSPS) is 18.3. The molecule has 3 aromatic rings. The number of anilines is 1. The largest absolute Gasteiger partial charge is 0.417 e. The fraction of sp³-hybridized carbons (Fsp3) is 0.500. The average molecular weight is 544 g/mol. The number of morpholine rings is 1. The lowest BCUT2D eigenvalue weighted by Crippen LogP contribution is -2.40. The molecule has 0 saturated carbocycles. The van der Waals surface area contributed by atoms with E-state index in [1.165, 1.54) is 6.07 Å². The number of ether oxygens (including phenoxy) is 1. The van der Waals surface area contributed by atoms with Gasteiger partial charge in [-0.05, 0) is 37.1 Å². The number of pyridine rings is 1. The molecule has 0 spiro atoms. The Morgan fingerprint density at radius 1 is 0.972 bits per heavy atom. The highest BCUT2D eigenvalue weighted by atomic mass is 35.5. The third-order valence-corrected chi connectivity index (χ3v) is 7.70. The molecule has 12 heteroatoms. The summed E-state index contributed by atoms with van der Waals surface area (Å²) in [6.45, 7) is 5.41. The number of aromatic nitrogens is 3. The second-order valence-corrected chi connectivity index (χ2v) is 9.95. The SMILES string of the molecule is O=c1n(CCN2CCOCC2)c2cc(Cl)c(Cl)cc2n1C1CCN(c2ccc(C(F)(F)F)cn2)CC1. The van der Waals surface area contributed by atoms with E-state index < -0.39 is 11.7 Å². The van der Waals surface area contributed by atoms with Crippen LogP contribution < -0.4 is 10.6 Å². The van der Waals surface area contributed by atoms with Crippen LogP contribution in [0.15, 0.2) is 35.3 Å². The van der Waals surface area contributed by atoms with Crippen LogP contribution in [0.2, 0.25) is 10.0 Å². The van der Waals surface area contributed by atoms with Crippen LogP contribution in [0.4, 0.5) is 19.0 Å². The average Bonchev–Trinajstić information content (AvgIpc) is 3.13. The summed E-state index contributed by atoms with van der Waals surface area (Å²) in [5.74, 6) is 0.497. The summed E-state index contributed by atoms with van der Waals surface area (Å²) in [4.78, 5) is 21.9. The number of hydrogen-bond donors (Lipinski definition) is 0. The Morgan fingerprint density at radius 2 is 1.64 bits per heavy atom. The summed E-state index contributed by atoms with van der Waals surface area (Å²) in [5.41, 5.74) is 0.604. The van der Waals surface area contributed by atoms with Crippen molar-refractivity contribution in [3.63, 3.8) is 0 Å². The van der Waals surface area contributed by atoms with Crippen LogP contribution in [-0.2, 0) is 17.5 Å². The van der Waals surface area contributed by atoms with Crippen LogP contribution in [-0.4, -0.2) is 65.0 Å². The van der Waals surface area contributed by atoms with E-state index in [1.807, 2.05) is 4.90 Å². The fourth-order valence-corrected chi connectivity index (χ4v) is 5.32. The summed E-state index contributed by atoms with van der Waals surface area (Å²) >= 11 is 12.6. The zero-order valence-electron chi connectivity index (χ0n) is 19.5. The van der Waals surface area contributed by atoms with Crippen molar-refractivity contribution in [2.24, 2.45) is 0 Å². The van der Waals surface area contributed by atoms with E-state index in [2.05, 4.69) is 9.88 Å². The van der Waals surface area contributed by atoms with E-state index in [-0.39, 0.29) is 11.7 Å². The van der Waals surface area contributed by atoms with E-state index in [0.29, 0.717) is 61.6 Å². The third kappa shape index (κ3) is 5.09. The number of halogens is 5. The quantitative estimate of drug-likeness (QED) is 0.467. The number of alkyl halides is 3. The van der Waals surface area contributed by atoms with Crippen molar-refractivity contribution in [1.82, 2.24) is 19.0 Å². The van der Waals surface area contributed by atoms with Crippen LogP contribution in [0.3, 0.4) is 0 Å². The van der Waals surface area contributed by atoms with Crippen LogP contribution in [0, 0.1) is 0 Å². The smallest absolute Gasteiger partial charge is 0.379 e. The summed E-state index contributed by atoms with van der Waals surface area (Å²) in [6.07, 6.45) is -2.27. The van der Waals surface area contributed by atoms with Crippen molar-refractivity contribution in [1.29, 1.82) is 0 Å². The van der Waals surface area contributed by atoms with E-state index in [9.17, 15) is 18.0 Å². The highest BCUT2D eigenvalue weighted by Gasteiger charge is 2.31. The van der Waals surface area contributed by atoms with Gasteiger partial charge in [-0.2, -0.15) is 13.2 Å². The molecule has 2 aliphatic heterocycles. The van der Waals surface area contributed by atoms with E-state index in [1.54, 1.807) is 21.3 Å². The summed E-state index contributed by atoms with van der Waals surface area (Å²) in [6, 6.07) is 5.86. The van der Waals surface area contributed by atoms with Gasteiger partial charge in [0, 0.05) is 51.5 Å². The molecule has 2 saturated heterocycles. The van der Waals surface area contributed by atoms with Crippen molar-refractivity contribution in [2.75, 3.05) is 50.8 Å². The maximum Gasteiger partial charge on any atom is 0.417 e. The van der Waals surface area contributed by atoms with Gasteiger partial charge in [-0.25, -0.2) is 9.78 Å². The van der Waals surface area contributed by atoms with Gasteiger partial charge in [-0.1, -0.05) is 23.2 Å². The van der Waals surface area contributed by atoms with E-state index >= 15 is 0 Å². The Morgan fingerprint density at radius 3 is 2.25 bits per heavy atom. The molecule has 0 bridgehead atoms. The minimum Gasteiger partial charge on any atom is -0.379 e. The molecule has 2 fully saturated rings. The molecule has 5 rings (SSSR count). The number of nitrogens with zero attached hydrogens (tertiary/aromatic N) is 5. The molecular weight excluding hydrogens is 518 g/mol. The molecule has 0 amide bonds. The number of benzene rings is 1. The maximum absolute atomic E-state index is 13.6. The van der Waals surface area contributed by atoms with Gasteiger partial charge < -0.3 is 9.64 Å².